The monoisotopic (exact) mass is 465 g/mol. The average Bonchev–Trinajstić information content (AvgIpc) is 2.77. The van der Waals surface area contributed by atoms with E-state index in [0.717, 1.165) is 18.2 Å². The second-order valence-electron chi connectivity index (χ2n) is 6.42. The summed E-state index contributed by atoms with van der Waals surface area (Å²) in [5.41, 5.74) is 12.6. The van der Waals surface area contributed by atoms with Gasteiger partial charge in [-0.15, -0.1) is 0 Å². The van der Waals surface area contributed by atoms with Gasteiger partial charge >= 0.3 is 0 Å². The molecule has 32 heavy (non-hydrogen) atoms. The lowest BCUT2D eigenvalue weighted by molar-refractivity contribution is -0.131. The van der Waals surface area contributed by atoms with E-state index in [0.29, 0.717) is 5.56 Å². The van der Waals surface area contributed by atoms with Crippen molar-refractivity contribution in [3.8, 4) is 17.6 Å². The molecule has 0 saturated heterocycles. The van der Waals surface area contributed by atoms with E-state index in [2.05, 4.69) is 14.9 Å². The number of nitrogens with two attached hydrogens (primary N) is 2. The number of ether oxygens (including phenoxy) is 1. The summed E-state index contributed by atoms with van der Waals surface area (Å²) in [5.74, 6) is -2.06. The van der Waals surface area contributed by atoms with Crippen molar-refractivity contribution in [1.29, 1.82) is 5.26 Å². The number of sulfonamides is 1. The van der Waals surface area contributed by atoms with Crippen LogP contribution in [0, 0.1) is 17.1 Å². The van der Waals surface area contributed by atoms with Gasteiger partial charge in [-0.1, -0.05) is 0 Å². The summed E-state index contributed by atoms with van der Waals surface area (Å²) in [7, 11) is -4.34. The fourth-order valence-electron chi connectivity index (χ4n) is 2.53. The van der Waals surface area contributed by atoms with Gasteiger partial charge in [-0.25, -0.2) is 18.3 Å². The third-order valence-corrected chi connectivity index (χ3v) is 5.55. The van der Waals surface area contributed by atoms with Gasteiger partial charge in [-0.05, 0) is 55.3 Å². The summed E-state index contributed by atoms with van der Waals surface area (Å²) in [6.45, 7) is 0.131. The summed E-state index contributed by atoms with van der Waals surface area (Å²) < 4.78 is 54.1. The number of hydrogen-bond donors (Lipinski definition) is 5. The molecule has 2 aromatic rings. The highest BCUT2D eigenvalue weighted by Gasteiger charge is 2.26. The molecule has 2 aromatic carbocycles. The van der Waals surface area contributed by atoms with E-state index in [1.165, 1.54) is 24.3 Å². The molecule has 13 heteroatoms. The minimum Gasteiger partial charge on any atom is -0.454 e. The van der Waals surface area contributed by atoms with Crippen LogP contribution >= 0.6 is 0 Å². The van der Waals surface area contributed by atoms with Crippen molar-refractivity contribution >= 4 is 21.9 Å². The lowest BCUT2D eigenvalue weighted by Gasteiger charge is -2.17. The van der Waals surface area contributed by atoms with Gasteiger partial charge in [0, 0.05) is 6.54 Å². The number of hydrogen-bond acceptors (Lipinski definition) is 7. The number of rotatable bonds is 11. The molecular formula is C19H21FN6O5S. The Hall–Kier alpha value is -3.73. The quantitative estimate of drug-likeness (QED) is 0.105. The number of nitrogens with one attached hydrogen (secondary N) is 2. The molecule has 0 aliphatic rings. The maximum absolute atomic E-state index is 14.5. The van der Waals surface area contributed by atoms with Crippen molar-refractivity contribution < 1.29 is 29.0 Å². The Balaban J connectivity index is 2.16. The van der Waals surface area contributed by atoms with Crippen molar-refractivity contribution in [2.45, 2.75) is 23.8 Å². The predicted molar refractivity (Wildman–Crippen MR) is 112 cm³/mol. The molecule has 0 unspecified atom stereocenters. The highest BCUT2D eigenvalue weighted by Crippen LogP contribution is 2.27. The van der Waals surface area contributed by atoms with Crippen LogP contribution in [0.1, 0.15) is 18.4 Å². The smallest absolute Gasteiger partial charge is 0.261 e. The van der Waals surface area contributed by atoms with E-state index in [9.17, 15) is 17.6 Å². The van der Waals surface area contributed by atoms with Crippen molar-refractivity contribution in [2.75, 3.05) is 6.54 Å². The lowest BCUT2D eigenvalue weighted by atomic mass is 10.1. The van der Waals surface area contributed by atoms with Crippen LogP contribution in [0.5, 0.6) is 11.5 Å². The Morgan fingerprint density at radius 2 is 2.03 bits per heavy atom. The SMILES string of the molecule is [2H]ONC(=O)[C@H](CCCN=C(N)N)NS(=O)(=O)c1ccc(Oc2ccc(C#N)cc2)c(F)c1. The number of amides is 1. The van der Waals surface area contributed by atoms with Crippen LogP contribution in [0.3, 0.4) is 0 Å². The molecule has 0 aromatic heterocycles. The van der Waals surface area contributed by atoms with Crippen molar-refractivity contribution in [3.63, 3.8) is 0 Å². The van der Waals surface area contributed by atoms with Crippen molar-refractivity contribution in [3.05, 3.63) is 53.8 Å². The zero-order chi connectivity index (χ0) is 24.4. The first-order valence-corrected chi connectivity index (χ1v) is 10.6. The van der Waals surface area contributed by atoms with E-state index in [4.69, 9.17) is 22.9 Å². The predicted octanol–water partition coefficient (Wildman–Crippen LogP) is 0.696. The number of nitriles is 1. The molecule has 0 radical (unpaired) electrons. The summed E-state index contributed by atoms with van der Waals surface area (Å²) in [6.07, 6.45) is 0.190. The lowest BCUT2D eigenvalue weighted by Crippen LogP contribution is -2.45. The zero-order valence-electron chi connectivity index (χ0n) is 17.6. The maximum atomic E-state index is 14.5. The number of guanidine groups is 1. The van der Waals surface area contributed by atoms with Gasteiger partial charge in [0.15, 0.2) is 17.5 Å². The number of halogens is 1. The molecule has 0 fully saturated rings. The van der Waals surface area contributed by atoms with Gasteiger partial charge in [0.1, 0.15) is 11.8 Å². The van der Waals surface area contributed by atoms with Crippen LogP contribution < -0.4 is 26.4 Å². The molecule has 0 aliphatic heterocycles. The third-order valence-electron chi connectivity index (χ3n) is 4.08. The minimum atomic E-state index is -4.34. The van der Waals surface area contributed by atoms with Gasteiger partial charge in [0.05, 0.1) is 16.5 Å². The third kappa shape index (κ3) is 6.91. The van der Waals surface area contributed by atoms with Crippen LogP contribution in [0.4, 0.5) is 4.39 Å². The Bertz CT molecular complexity index is 1150. The van der Waals surface area contributed by atoms with E-state index >= 15 is 0 Å². The molecule has 2 rings (SSSR count). The number of benzene rings is 2. The van der Waals surface area contributed by atoms with Gasteiger partial charge in [-0.3, -0.25) is 15.0 Å². The first-order chi connectivity index (χ1) is 15.7. The second kappa shape index (κ2) is 11.0. The fourth-order valence-corrected chi connectivity index (χ4v) is 3.77. The number of aliphatic imine (C=N–C) groups is 1. The molecule has 11 nitrogen and oxygen atoms in total. The standard InChI is InChI=1S/C19H21FN6O5S/c20-15-10-14(7-8-17(15)31-13-5-3-12(11-21)4-6-13)32(29,30)26-16(18(27)25-28)2-1-9-24-19(22)23/h3-8,10,16,26,28H,1-2,9H2,(H,25,27)(H4,22,23,24)/t16-/m0/s1/i/hD. The fraction of sp³-hybridized carbons (Fsp3) is 0.211. The van der Waals surface area contributed by atoms with E-state index < -0.39 is 32.7 Å². The zero-order valence-corrected chi connectivity index (χ0v) is 17.4. The van der Waals surface area contributed by atoms with Gasteiger partial charge in [-0.2, -0.15) is 9.98 Å². The summed E-state index contributed by atoms with van der Waals surface area (Å²) >= 11 is 0. The van der Waals surface area contributed by atoms with Crippen LogP contribution in [-0.2, 0) is 14.8 Å². The molecule has 1 amide bonds. The summed E-state index contributed by atoms with van der Waals surface area (Å²) in [6, 6.07) is 9.43. The van der Waals surface area contributed by atoms with Crippen LogP contribution in [0.2, 0.25) is 1.43 Å². The molecule has 0 bridgehead atoms. The van der Waals surface area contributed by atoms with Crippen LogP contribution in [0.25, 0.3) is 0 Å². The number of carbonyl (C=O) groups excluding carboxylic acids is 1. The largest absolute Gasteiger partial charge is 0.454 e. The Morgan fingerprint density at radius 3 is 2.62 bits per heavy atom. The molecular weight excluding hydrogens is 443 g/mol. The topological polar surface area (TPSA) is 193 Å². The van der Waals surface area contributed by atoms with Crippen LogP contribution in [-0.4, -0.2) is 38.1 Å². The molecule has 0 spiro atoms. The summed E-state index contributed by atoms with van der Waals surface area (Å²) in [5, 5.41) is 12.6. The first kappa shape index (κ1) is 22.9. The molecule has 0 saturated carbocycles. The Morgan fingerprint density at radius 1 is 1.31 bits per heavy atom. The maximum Gasteiger partial charge on any atom is 0.261 e. The van der Waals surface area contributed by atoms with Gasteiger partial charge < -0.3 is 16.2 Å². The van der Waals surface area contributed by atoms with Gasteiger partial charge in [0.2, 0.25) is 11.5 Å². The average molecular weight is 465 g/mol. The summed E-state index contributed by atoms with van der Waals surface area (Å²) in [4.78, 5) is 15.3. The van der Waals surface area contributed by atoms with E-state index in [1.807, 2.05) is 6.07 Å². The second-order valence-corrected chi connectivity index (χ2v) is 8.13. The normalized spacial score (nSPS) is 12.2. The van der Waals surface area contributed by atoms with Gasteiger partial charge in [0.25, 0.3) is 5.91 Å². The number of nitrogens with zero attached hydrogens (tertiary/aromatic N) is 2. The van der Waals surface area contributed by atoms with Crippen molar-refractivity contribution in [2.24, 2.45) is 16.5 Å². The molecule has 0 heterocycles. The molecule has 7 N–H and O–H groups in total. The van der Waals surface area contributed by atoms with E-state index in [-0.39, 0.29) is 36.8 Å². The molecule has 1 atom stereocenters. The Kier molecular flexibility index (Phi) is 7.92. The van der Waals surface area contributed by atoms with E-state index in [1.54, 1.807) is 5.48 Å². The molecule has 170 valence electrons. The highest BCUT2D eigenvalue weighted by atomic mass is 32.2. The van der Waals surface area contributed by atoms with Crippen LogP contribution in [0.15, 0.2) is 52.4 Å². The Labute approximate surface area is 185 Å². The number of carbonyl (C=O) groups is 1. The molecule has 0 aliphatic carbocycles. The van der Waals surface area contributed by atoms with Crippen molar-refractivity contribution in [1.82, 2.24) is 10.2 Å². The minimum absolute atomic E-state index is 0.0342. The highest BCUT2D eigenvalue weighted by molar-refractivity contribution is 7.89. The number of hydroxylamine groups is 1. The first-order valence-electron chi connectivity index (χ1n) is 9.54.